The molecule has 7 heteroatoms. The molecule has 1 aromatic rings. The fraction of sp³-hybridized carbons (Fsp3) is 0.545. The Bertz CT molecular complexity index is 519. The van der Waals surface area contributed by atoms with Crippen molar-refractivity contribution in [3.05, 3.63) is 17.9 Å². The summed E-state index contributed by atoms with van der Waals surface area (Å²) in [5, 5.41) is 8.35. The number of carbonyl (C=O) groups is 1. The van der Waals surface area contributed by atoms with E-state index in [1.807, 2.05) is 6.92 Å². The van der Waals surface area contributed by atoms with Crippen molar-refractivity contribution in [1.29, 1.82) is 0 Å². The first kappa shape index (κ1) is 14.7. The Hall–Kier alpha value is -1.34. The zero-order chi connectivity index (χ0) is 13.9. The monoisotopic (exact) mass is 275 g/mol. The fourth-order valence-electron chi connectivity index (χ4n) is 1.55. The number of nitrogens with zero attached hydrogens (tertiary/aromatic N) is 1. The Kier molecular flexibility index (Phi) is 4.53. The van der Waals surface area contributed by atoms with Crippen LogP contribution < -0.4 is 0 Å². The van der Waals surface area contributed by atoms with E-state index >= 15 is 0 Å². The number of rotatable bonds is 6. The van der Waals surface area contributed by atoms with Crippen LogP contribution in [0.3, 0.4) is 0 Å². The molecule has 1 heterocycles. The van der Waals surface area contributed by atoms with E-state index in [1.165, 1.54) is 11.4 Å². The smallest absolute Gasteiger partial charge is 0.371 e. The lowest BCUT2D eigenvalue weighted by Gasteiger charge is -2.22. The van der Waals surface area contributed by atoms with Gasteiger partial charge in [-0.3, -0.25) is 0 Å². The third-order valence-corrected chi connectivity index (χ3v) is 4.60. The van der Waals surface area contributed by atoms with E-state index in [9.17, 15) is 13.2 Å². The van der Waals surface area contributed by atoms with Crippen LogP contribution in [0.1, 0.15) is 37.2 Å². The van der Waals surface area contributed by atoms with Gasteiger partial charge in [0.1, 0.15) is 0 Å². The minimum atomic E-state index is -3.77. The van der Waals surface area contributed by atoms with Gasteiger partial charge in [-0.15, -0.1) is 0 Å². The maximum atomic E-state index is 12.1. The minimum absolute atomic E-state index is 0.168. The molecule has 0 aliphatic rings. The summed E-state index contributed by atoms with van der Waals surface area (Å²) in [5.74, 6) is -1.68. The summed E-state index contributed by atoms with van der Waals surface area (Å²) in [4.78, 5) is 10.6. The lowest BCUT2D eigenvalue weighted by atomic mass is 10.2. The average Bonchev–Trinajstić information content (AvgIpc) is 2.78. The summed E-state index contributed by atoms with van der Waals surface area (Å²) in [5.41, 5.74) is 0. The van der Waals surface area contributed by atoms with Gasteiger partial charge in [0.05, 0.1) is 0 Å². The molecule has 6 nitrogen and oxygen atoms in total. The van der Waals surface area contributed by atoms with E-state index < -0.39 is 16.0 Å². The third-order valence-electron chi connectivity index (χ3n) is 2.75. The van der Waals surface area contributed by atoms with Crippen LogP contribution in [-0.2, 0) is 10.0 Å². The number of carboxylic acid groups (broad SMARTS) is 1. The molecule has 1 atom stereocenters. The molecular weight excluding hydrogens is 258 g/mol. The Morgan fingerprint density at radius 1 is 1.50 bits per heavy atom. The highest BCUT2D eigenvalue weighted by atomic mass is 32.2. The summed E-state index contributed by atoms with van der Waals surface area (Å²) < 4.78 is 30.3. The van der Waals surface area contributed by atoms with Gasteiger partial charge >= 0.3 is 5.97 Å². The highest BCUT2D eigenvalue weighted by Crippen LogP contribution is 2.20. The van der Waals surface area contributed by atoms with Crippen molar-refractivity contribution in [2.45, 2.75) is 37.8 Å². The predicted molar refractivity (Wildman–Crippen MR) is 65.0 cm³/mol. The van der Waals surface area contributed by atoms with Gasteiger partial charge in [0.2, 0.25) is 10.9 Å². The fourth-order valence-corrected chi connectivity index (χ4v) is 2.85. The molecule has 1 aromatic heterocycles. The zero-order valence-corrected chi connectivity index (χ0v) is 11.4. The van der Waals surface area contributed by atoms with E-state index in [1.54, 1.807) is 6.92 Å². The highest BCUT2D eigenvalue weighted by Gasteiger charge is 2.28. The first-order valence-electron chi connectivity index (χ1n) is 5.61. The number of sulfonamides is 1. The molecule has 1 rings (SSSR count). The van der Waals surface area contributed by atoms with E-state index in [0.717, 1.165) is 25.0 Å². The van der Waals surface area contributed by atoms with Gasteiger partial charge in [-0.25, -0.2) is 13.2 Å². The van der Waals surface area contributed by atoms with Gasteiger partial charge in [-0.05, 0) is 25.5 Å². The van der Waals surface area contributed by atoms with Crippen molar-refractivity contribution in [2.75, 3.05) is 7.05 Å². The van der Waals surface area contributed by atoms with Gasteiger partial charge < -0.3 is 9.52 Å². The quantitative estimate of drug-likeness (QED) is 0.855. The molecule has 0 aromatic carbocycles. The molecule has 102 valence electrons. The standard InChI is InChI=1S/C11H17NO5S/c1-4-5-8(2)12(3)18(15,16)10-7-6-9(17-10)11(13)14/h6-8H,4-5H2,1-3H3,(H,13,14). The number of furan rings is 1. The molecule has 0 saturated carbocycles. The SMILES string of the molecule is CCCC(C)N(C)S(=O)(=O)c1ccc(C(=O)O)o1. The molecule has 0 amide bonds. The second kappa shape index (κ2) is 5.53. The molecule has 0 aliphatic heterocycles. The number of hydrogen-bond acceptors (Lipinski definition) is 4. The van der Waals surface area contributed by atoms with Gasteiger partial charge in [0, 0.05) is 13.1 Å². The van der Waals surface area contributed by atoms with E-state index in [2.05, 4.69) is 0 Å². The molecule has 0 fully saturated rings. The highest BCUT2D eigenvalue weighted by molar-refractivity contribution is 7.89. The lowest BCUT2D eigenvalue weighted by Crippen LogP contribution is -2.34. The number of aromatic carboxylic acids is 1. The molecular formula is C11H17NO5S. The van der Waals surface area contributed by atoms with Gasteiger partial charge in [0.25, 0.3) is 10.0 Å². The topological polar surface area (TPSA) is 87.8 Å². The maximum Gasteiger partial charge on any atom is 0.371 e. The van der Waals surface area contributed by atoms with Crippen LogP contribution in [0, 0.1) is 0 Å². The Morgan fingerprint density at radius 3 is 2.56 bits per heavy atom. The molecule has 0 bridgehead atoms. The second-order valence-electron chi connectivity index (χ2n) is 4.08. The Balaban J connectivity index is 3.01. The molecule has 1 N–H and O–H groups in total. The van der Waals surface area contributed by atoms with Gasteiger partial charge in [-0.1, -0.05) is 13.3 Å². The first-order valence-corrected chi connectivity index (χ1v) is 7.05. The van der Waals surface area contributed by atoms with E-state index in [0.29, 0.717) is 0 Å². The zero-order valence-electron chi connectivity index (χ0n) is 10.6. The average molecular weight is 275 g/mol. The van der Waals surface area contributed by atoms with Crippen LogP contribution >= 0.6 is 0 Å². The van der Waals surface area contributed by atoms with Crippen molar-refractivity contribution < 1.29 is 22.7 Å². The van der Waals surface area contributed by atoms with Gasteiger partial charge in [0.15, 0.2) is 0 Å². The Labute approximate surface area is 106 Å². The summed E-state index contributed by atoms with van der Waals surface area (Å²) in [6, 6.07) is 2.12. The first-order chi connectivity index (χ1) is 8.30. The van der Waals surface area contributed by atoms with Crippen LogP contribution in [0.25, 0.3) is 0 Å². The largest absolute Gasteiger partial charge is 0.475 e. The third kappa shape index (κ3) is 2.91. The maximum absolute atomic E-state index is 12.1. The summed E-state index contributed by atoms with van der Waals surface area (Å²) >= 11 is 0. The van der Waals surface area contributed by atoms with Crippen molar-refractivity contribution in [2.24, 2.45) is 0 Å². The van der Waals surface area contributed by atoms with E-state index in [-0.39, 0.29) is 16.9 Å². The summed E-state index contributed by atoms with van der Waals surface area (Å²) in [7, 11) is -2.31. The number of carboxylic acids is 1. The van der Waals surface area contributed by atoms with Crippen LogP contribution in [0.5, 0.6) is 0 Å². The van der Waals surface area contributed by atoms with Crippen LogP contribution in [0.4, 0.5) is 0 Å². The normalized spacial score (nSPS) is 13.8. The van der Waals surface area contributed by atoms with Crippen molar-refractivity contribution in [1.82, 2.24) is 4.31 Å². The van der Waals surface area contributed by atoms with Crippen molar-refractivity contribution in [3.63, 3.8) is 0 Å². The van der Waals surface area contributed by atoms with E-state index in [4.69, 9.17) is 9.52 Å². The van der Waals surface area contributed by atoms with Crippen LogP contribution in [-0.4, -0.2) is 36.9 Å². The Morgan fingerprint density at radius 2 is 2.11 bits per heavy atom. The summed E-state index contributed by atoms with van der Waals surface area (Å²) in [6.45, 7) is 3.76. The molecule has 0 radical (unpaired) electrons. The predicted octanol–water partition coefficient (Wildman–Crippen LogP) is 1.79. The van der Waals surface area contributed by atoms with Crippen molar-refractivity contribution >= 4 is 16.0 Å². The van der Waals surface area contributed by atoms with Crippen LogP contribution in [0.15, 0.2) is 21.6 Å². The van der Waals surface area contributed by atoms with Gasteiger partial charge in [-0.2, -0.15) is 4.31 Å². The van der Waals surface area contributed by atoms with Crippen LogP contribution in [0.2, 0.25) is 0 Å². The molecule has 0 saturated heterocycles. The second-order valence-corrected chi connectivity index (χ2v) is 6.01. The molecule has 0 aliphatic carbocycles. The van der Waals surface area contributed by atoms with Crippen molar-refractivity contribution in [3.8, 4) is 0 Å². The molecule has 1 unspecified atom stereocenters. The number of hydrogen-bond donors (Lipinski definition) is 1. The minimum Gasteiger partial charge on any atom is -0.475 e. The summed E-state index contributed by atoms with van der Waals surface area (Å²) in [6.07, 6.45) is 1.59. The molecule has 0 spiro atoms. The lowest BCUT2D eigenvalue weighted by molar-refractivity contribution is 0.0656. The molecule has 18 heavy (non-hydrogen) atoms.